The number of benzene rings is 6. The molecule has 52 heavy (non-hydrogen) atoms. The summed E-state index contributed by atoms with van der Waals surface area (Å²) in [6.07, 6.45) is 9.49. The van der Waals surface area contributed by atoms with Crippen LogP contribution in [-0.4, -0.2) is 23.7 Å². The molecule has 0 saturated heterocycles. The third kappa shape index (κ3) is 4.38. The lowest BCUT2D eigenvalue weighted by molar-refractivity contribution is 0.935. The number of aromatic nitrogens is 5. The Bertz CT molecular complexity index is 3080. The number of rotatable bonds is 5. The number of hydrogen-bond acceptors (Lipinski definition) is 2. The fourth-order valence-electron chi connectivity index (χ4n) is 7.98. The Hall–Kier alpha value is -7.16. The summed E-state index contributed by atoms with van der Waals surface area (Å²) in [5.41, 5.74) is 10.5. The molecule has 244 valence electrons. The van der Waals surface area contributed by atoms with E-state index in [2.05, 4.69) is 160 Å². The largest absolute Gasteiger partial charge is 0.309 e. The first kappa shape index (κ1) is 29.7. The second-order valence-corrected chi connectivity index (χ2v) is 13.0. The van der Waals surface area contributed by atoms with Crippen molar-refractivity contribution < 1.29 is 0 Å². The van der Waals surface area contributed by atoms with E-state index in [0.29, 0.717) is 5.95 Å². The van der Waals surface area contributed by atoms with Crippen LogP contribution in [0.5, 0.6) is 0 Å². The predicted molar refractivity (Wildman–Crippen MR) is 216 cm³/mol. The zero-order valence-corrected chi connectivity index (χ0v) is 28.4. The van der Waals surface area contributed by atoms with Crippen LogP contribution in [0.3, 0.4) is 0 Å². The Morgan fingerprint density at radius 3 is 1.73 bits per heavy atom. The summed E-state index contributed by atoms with van der Waals surface area (Å²) >= 11 is 0. The SMILES string of the molecule is C#C/C=C\c1c(C)c2ccccc2n1-c1cc(-c2ccccc2)nc(-n2c3ccccc3c3c4c5ccccc5n(-c5ccccc5)c4ccc32)n1. The molecule has 0 aliphatic heterocycles. The van der Waals surface area contributed by atoms with Gasteiger partial charge >= 0.3 is 0 Å². The zero-order valence-electron chi connectivity index (χ0n) is 28.4. The molecule has 0 aliphatic carbocycles. The van der Waals surface area contributed by atoms with Crippen LogP contribution in [0.1, 0.15) is 11.3 Å². The number of para-hydroxylation sites is 4. The number of allylic oxidation sites excluding steroid dienone is 1. The maximum absolute atomic E-state index is 5.74. The number of fused-ring (bicyclic) bond motifs is 8. The molecule has 0 radical (unpaired) electrons. The number of nitrogens with zero attached hydrogens (tertiary/aromatic N) is 5. The van der Waals surface area contributed by atoms with E-state index in [-0.39, 0.29) is 0 Å². The first-order valence-corrected chi connectivity index (χ1v) is 17.4. The molecule has 0 bridgehead atoms. The highest BCUT2D eigenvalue weighted by Crippen LogP contribution is 2.42. The van der Waals surface area contributed by atoms with Crippen molar-refractivity contribution in [2.45, 2.75) is 6.92 Å². The average Bonchev–Trinajstić information content (AvgIpc) is 3.82. The molecule has 0 spiro atoms. The molecular formula is C47H31N5. The summed E-state index contributed by atoms with van der Waals surface area (Å²) in [5, 5.41) is 5.88. The Morgan fingerprint density at radius 2 is 1.08 bits per heavy atom. The molecule has 5 heteroatoms. The van der Waals surface area contributed by atoms with Gasteiger partial charge in [-0.2, -0.15) is 4.98 Å². The van der Waals surface area contributed by atoms with Gasteiger partial charge in [0.05, 0.1) is 39.0 Å². The van der Waals surface area contributed by atoms with Gasteiger partial charge < -0.3 is 4.57 Å². The van der Waals surface area contributed by atoms with Crippen LogP contribution >= 0.6 is 0 Å². The summed E-state index contributed by atoms with van der Waals surface area (Å²) in [6, 6.07) is 53.2. The number of aryl methyl sites for hydroxylation is 1. The van der Waals surface area contributed by atoms with Gasteiger partial charge in [0.25, 0.3) is 0 Å². The zero-order chi connectivity index (χ0) is 34.8. The molecule has 0 aliphatic rings. The lowest BCUT2D eigenvalue weighted by Gasteiger charge is -2.14. The van der Waals surface area contributed by atoms with Gasteiger partial charge in [-0.25, -0.2) is 4.98 Å². The van der Waals surface area contributed by atoms with Crippen molar-refractivity contribution in [2.75, 3.05) is 0 Å². The average molecular weight is 666 g/mol. The molecule has 0 N–H and O–H groups in total. The van der Waals surface area contributed by atoms with Crippen LogP contribution in [0.4, 0.5) is 0 Å². The van der Waals surface area contributed by atoms with E-state index in [1.807, 2.05) is 24.3 Å². The summed E-state index contributed by atoms with van der Waals surface area (Å²) < 4.78 is 6.80. The van der Waals surface area contributed by atoms with Gasteiger partial charge in [-0.3, -0.25) is 9.13 Å². The highest BCUT2D eigenvalue weighted by atomic mass is 15.2. The Morgan fingerprint density at radius 1 is 0.538 bits per heavy atom. The summed E-state index contributed by atoms with van der Waals surface area (Å²) in [4.78, 5) is 10.8. The molecule has 6 aromatic carbocycles. The molecule has 5 nitrogen and oxygen atoms in total. The molecule has 4 aromatic heterocycles. The van der Waals surface area contributed by atoms with E-state index in [9.17, 15) is 0 Å². The van der Waals surface area contributed by atoms with Crippen LogP contribution in [0.15, 0.2) is 158 Å². The predicted octanol–water partition coefficient (Wildman–Crippen LogP) is 11.2. The van der Waals surface area contributed by atoms with Gasteiger partial charge in [0.2, 0.25) is 5.95 Å². The van der Waals surface area contributed by atoms with Gasteiger partial charge in [0.1, 0.15) is 5.82 Å². The second-order valence-electron chi connectivity index (χ2n) is 13.0. The second kappa shape index (κ2) is 11.7. The van der Waals surface area contributed by atoms with Crippen molar-refractivity contribution in [3.8, 4) is 41.1 Å². The van der Waals surface area contributed by atoms with Crippen molar-refractivity contribution in [2.24, 2.45) is 0 Å². The number of hydrogen-bond donors (Lipinski definition) is 0. The van der Waals surface area contributed by atoms with Crippen molar-refractivity contribution >= 4 is 60.6 Å². The first-order chi connectivity index (χ1) is 25.7. The van der Waals surface area contributed by atoms with Crippen molar-refractivity contribution in [1.29, 1.82) is 0 Å². The van der Waals surface area contributed by atoms with E-state index >= 15 is 0 Å². The molecule has 4 heterocycles. The number of terminal acetylenes is 1. The minimum Gasteiger partial charge on any atom is -0.309 e. The van der Waals surface area contributed by atoms with Crippen molar-refractivity contribution in [3.63, 3.8) is 0 Å². The molecule has 10 aromatic rings. The van der Waals surface area contributed by atoms with E-state index < -0.39 is 0 Å². The molecule has 0 amide bonds. The van der Waals surface area contributed by atoms with E-state index in [4.69, 9.17) is 16.4 Å². The quantitative estimate of drug-likeness (QED) is 0.172. The topological polar surface area (TPSA) is 40.6 Å². The molecule has 0 fully saturated rings. The van der Waals surface area contributed by atoms with Crippen molar-refractivity contribution in [3.05, 3.63) is 169 Å². The Labute approximate surface area is 300 Å². The van der Waals surface area contributed by atoms with Gasteiger partial charge in [-0.15, -0.1) is 6.42 Å². The lowest BCUT2D eigenvalue weighted by atomic mass is 10.1. The monoisotopic (exact) mass is 665 g/mol. The van der Waals surface area contributed by atoms with E-state index in [1.165, 1.54) is 21.7 Å². The Balaban J connectivity index is 1.33. The third-order valence-electron chi connectivity index (χ3n) is 10.2. The molecule has 10 rings (SSSR count). The smallest absolute Gasteiger partial charge is 0.237 e. The Kier molecular flexibility index (Phi) is 6.70. The van der Waals surface area contributed by atoms with Gasteiger partial charge in [-0.05, 0) is 67.1 Å². The first-order valence-electron chi connectivity index (χ1n) is 17.4. The standard InChI is InChI=1S/C47H31N5/c1-3-4-24-38-31(2)34-21-11-14-25-39(34)51(38)44-30-37(32-17-7-5-8-18-32)48-47(49-44)52-41-27-16-13-23-36(41)46-43(52)29-28-42-45(46)35-22-12-15-26-40(35)50(42)33-19-9-6-10-20-33/h1,4-30H,2H3/b24-4-. The van der Waals surface area contributed by atoms with E-state index in [0.717, 1.165) is 66.9 Å². The highest BCUT2D eigenvalue weighted by molar-refractivity contribution is 6.28. The third-order valence-corrected chi connectivity index (χ3v) is 10.2. The molecule has 0 atom stereocenters. The fourth-order valence-corrected chi connectivity index (χ4v) is 7.98. The molecule has 0 unspecified atom stereocenters. The van der Waals surface area contributed by atoms with Crippen LogP contribution in [0.25, 0.3) is 89.3 Å². The highest BCUT2D eigenvalue weighted by Gasteiger charge is 2.23. The summed E-state index contributed by atoms with van der Waals surface area (Å²) in [7, 11) is 0. The summed E-state index contributed by atoms with van der Waals surface area (Å²) in [5.74, 6) is 4.04. The minimum atomic E-state index is 0.594. The normalized spacial score (nSPS) is 11.8. The van der Waals surface area contributed by atoms with Crippen molar-refractivity contribution in [1.82, 2.24) is 23.7 Å². The maximum atomic E-state index is 5.74. The van der Waals surface area contributed by atoms with Gasteiger partial charge in [-0.1, -0.05) is 109 Å². The van der Waals surface area contributed by atoms with Crippen LogP contribution in [-0.2, 0) is 0 Å². The van der Waals surface area contributed by atoms with Gasteiger partial charge in [0, 0.05) is 44.2 Å². The van der Waals surface area contributed by atoms with Crippen LogP contribution in [0.2, 0.25) is 0 Å². The lowest BCUT2D eigenvalue weighted by Crippen LogP contribution is -2.08. The molecular weight excluding hydrogens is 635 g/mol. The van der Waals surface area contributed by atoms with Gasteiger partial charge in [0.15, 0.2) is 0 Å². The van der Waals surface area contributed by atoms with Crippen LogP contribution < -0.4 is 0 Å². The maximum Gasteiger partial charge on any atom is 0.237 e. The van der Waals surface area contributed by atoms with Crippen LogP contribution in [0, 0.1) is 19.3 Å². The fraction of sp³-hybridized carbons (Fsp3) is 0.0213. The van der Waals surface area contributed by atoms with E-state index in [1.54, 1.807) is 6.08 Å². The summed E-state index contributed by atoms with van der Waals surface area (Å²) in [6.45, 7) is 2.14. The molecule has 0 saturated carbocycles. The minimum absolute atomic E-state index is 0.594.